The maximum Gasteiger partial charge on any atom is 0.256 e. The molecule has 0 fully saturated rings. The number of fused-ring (bicyclic) bond motifs is 1. The van der Waals surface area contributed by atoms with Gasteiger partial charge in [0.2, 0.25) is 5.95 Å². The smallest absolute Gasteiger partial charge is 0.256 e. The van der Waals surface area contributed by atoms with Crippen LogP contribution in [0.15, 0.2) is 30.6 Å². The van der Waals surface area contributed by atoms with E-state index in [4.69, 9.17) is 10.5 Å². The molecule has 0 radical (unpaired) electrons. The average Bonchev–Trinajstić information content (AvgIpc) is 3.08. The number of aromatic nitrogens is 4. The number of aryl methyl sites for hydroxylation is 1. The zero-order valence-corrected chi connectivity index (χ0v) is 16.4. The van der Waals surface area contributed by atoms with Gasteiger partial charge in [-0.05, 0) is 24.1 Å². The van der Waals surface area contributed by atoms with Crippen molar-refractivity contribution < 1.29 is 14.3 Å². The van der Waals surface area contributed by atoms with Gasteiger partial charge in [0.05, 0.1) is 13.3 Å². The number of nitrogens with one attached hydrogen (secondary N) is 3. The van der Waals surface area contributed by atoms with Crippen LogP contribution in [0.2, 0.25) is 0 Å². The Balaban J connectivity index is 1.70. The third kappa shape index (κ3) is 3.60. The fourth-order valence-electron chi connectivity index (χ4n) is 3.25. The predicted molar refractivity (Wildman–Crippen MR) is 109 cm³/mol. The van der Waals surface area contributed by atoms with Crippen molar-refractivity contribution in [1.29, 1.82) is 0 Å². The van der Waals surface area contributed by atoms with Crippen LogP contribution in [0.1, 0.15) is 26.3 Å². The number of hydrogen-bond donors (Lipinski definition) is 4. The van der Waals surface area contributed by atoms with Crippen molar-refractivity contribution in [2.75, 3.05) is 24.3 Å². The molecule has 4 rings (SSSR count). The molecule has 11 nitrogen and oxygen atoms in total. The van der Waals surface area contributed by atoms with Gasteiger partial charge < -0.3 is 26.4 Å². The zero-order chi connectivity index (χ0) is 21.3. The first-order valence-electron chi connectivity index (χ1n) is 9.15. The van der Waals surface area contributed by atoms with Gasteiger partial charge in [0.15, 0.2) is 0 Å². The number of rotatable bonds is 6. The Kier molecular flexibility index (Phi) is 4.92. The summed E-state index contributed by atoms with van der Waals surface area (Å²) in [6.45, 7) is 0.532. The normalized spacial score (nSPS) is 12.7. The summed E-state index contributed by atoms with van der Waals surface area (Å²) in [5.74, 6) is 0.00518. The van der Waals surface area contributed by atoms with E-state index in [0.717, 1.165) is 5.56 Å². The van der Waals surface area contributed by atoms with E-state index < -0.39 is 5.91 Å². The molecule has 0 saturated heterocycles. The quantitative estimate of drug-likeness (QED) is 0.473. The third-order valence-corrected chi connectivity index (χ3v) is 4.62. The van der Waals surface area contributed by atoms with Gasteiger partial charge in [-0.2, -0.15) is 4.98 Å². The van der Waals surface area contributed by atoms with Gasteiger partial charge in [-0.1, -0.05) is 6.07 Å². The molecule has 11 heteroatoms. The standard InChI is InChI=1S/C19H20N8O3/c1-27-9-14(18(26-27)30-2)24-19-22-8-12(15(20)28)16(25-19)23-13-5-3-4-11-10(13)6-7-21-17(11)29/h3-5,8-9H,6-7H2,1-2H3,(H2,20,28)(H,21,29)(H2,22,23,24,25). The van der Waals surface area contributed by atoms with Crippen LogP contribution in [0.4, 0.5) is 23.1 Å². The van der Waals surface area contributed by atoms with Crippen LogP contribution in [0, 0.1) is 0 Å². The highest BCUT2D eigenvalue weighted by atomic mass is 16.5. The highest BCUT2D eigenvalue weighted by Crippen LogP contribution is 2.29. The van der Waals surface area contributed by atoms with Crippen molar-refractivity contribution in [3.05, 3.63) is 47.3 Å². The molecule has 1 aliphatic rings. The molecule has 0 saturated carbocycles. The van der Waals surface area contributed by atoms with E-state index in [1.54, 1.807) is 30.1 Å². The topological polar surface area (TPSA) is 149 Å². The summed E-state index contributed by atoms with van der Waals surface area (Å²) in [6, 6.07) is 5.34. The van der Waals surface area contributed by atoms with Crippen LogP contribution in [0.25, 0.3) is 0 Å². The fourth-order valence-corrected chi connectivity index (χ4v) is 3.25. The molecule has 3 heterocycles. The Morgan fingerprint density at radius 2 is 2.13 bits per heavy atom. The summed E-state index contributed by atoms with van der Waals surface area (Å²) >= 11 is 0. The Morgan fingerprint density at radius 1 is 1.30 bits per heavy atom. The van der Waals surface area contributed by atoms with Crippen LogP contribution in [-0.4, -0.2) is 45.2 Å². The van der Waals surface area contributed by atoms with Crippen LogP contribution in [-0.2, 0) is 13.5 Å². The van der Waals surface area contributed by atoms with Crippen molar-refractivity contribution in [2.45, 2.75) is 6.42 Å². The van der Waals surface area contributed by atoms with Crippen LogP contribution < -0.4 is 26.4 Å². The summed E-state index contributed by atoms with van der Waals surface area (Å²) in [5.41, 5.74) is 8.29. The number of amides is 2. The van der Waals surface area contributed by atoms with Crippen molar-refractivity contribution in [3.63, 3.8) is 0 Å². The lowest BCUT2D eigenvalue weighted by atomic mass is 9.98. The maximum atomic E-state index is 12.1. The number of ether oxygens (including phenoxy) is 1. The highest BCUT2D eigenvalue weighted by Gasteiger charge is 2.21. The van der Waals surface area contributed by atoms with Gasteiger partial charge in [0.25, 0.3) is 17.7 Å². The molecular formula is C19H20N8O3. The summed E-state index contributed by atoms with van der Waals surface area (Å²) in [7, 11) is 3.26. The number of anilines is 4. The minimum atomic E-state index is -0.675. The van der Waals surface area contributed by atoms with Gasteiger partial charge in [0, 0.05) is 31.0 Å². The number of carbonyl (C=O) groups excluding carboxylic acids is 2. The maximum absolute atomic E-state index is 12.1. The molecule has 0 atom stereocenters. The molecule has 5 N–H and O–H groups in total. The Hall–Kier alpha value is -4.15. The third-order valence-electron chi connectivity index (χ3n) is 4.62. The first-order valence-corrected chi connectivity index (χ1v) is 9.15. The zero-order valence-electron chi connectivity index (χ0n) is 16.4. The monoisotopic (exact) mass is 408 g/mol. The lowest BCUT2D eigenvalue weighted by molar-refractivity contribution is 0.0944. The first kappa shape index (κ1) is 19.2. The minimum absolute atomic E-state index is 0.122. The Morgan fingerprint density at radius 3 is 2.90 bits per heavy atom. The fraction of sp³-hybridized carbons (Fsp3) is 0.211. The summed E-state index contributed by atoms with van der Waals surface area (Å²) in [4.78, 5) is 32.6. The Bertz CT molecular complexity index is 1140. The van der Waals surface area contributed by atoms with Gasteiger partial charge >= 0.3 is 0 Å². The number of carbonyl (C=O) groups is 2. The van der Waals surface area contributed by atoms with Crippen LogP contribution >= 0.6 is 0 Å². The van der Waals surface area contributed by atoms with E-state index in [2.05, 4.69) is 31.0 Å². The average molecular weight is 408 g/mol. The summed E-state index contributed by atoms with van der Waals surface area (Å²) in [6.07, 6.45) is 3.70. The molecule has 154 valence electrons. The summed E-state index contributed by atoms with van der Waals surface area (Å²) in [5, 5.41) is 13.1. The number of primary amides is 1. The number of benzene rings is 1. The molecule has 0 unspecified atom stereocenters. The molecule has 0 spiro atoms. The van der Waals surface area contributed by atoms with Gasteiger partial charge in [-0.25, -0.2) is 4.98 Å². The van der Waals surface area contributed by atoms with Crippen molar-refractivity contribution in [3.8, 4) is 5.88 Å². The lowest BCUT2D eigenvalue weighted by Gasteiger charge is -2.20. The van der Waals surface area contributed by atoms with E-state index >= 15 is 0 Å². The number of hydrogen-bond acceptors (Lipinski definition) is 8. The lowest BCUT2D eigenvalue weighted by Crippen LogP contribution is -2.32. The molecule has 2 amide bonds. The minimum Gasteiger partial charge on any atom is -0.478 e. The molecule has 3 aromatic rings. The van der Waals surface area contributed by atoms with E-state index in [9.17, 15) is 9.59 Å². The largest absolute Gasteiger partial charge is 0.478 e. The second-order valence-electron chi connectivity index (χ2n) is 6.63. The van der Waals surface area contributed by atoms with Gasteiger partial charge in [-0.15, -0.1) is 5.10 Å². The Labute approximate surface area is 171 Å². The number of methoxy groups -OCH3 is 1. The van der Waals surface area contributed by atoms with E-state index in [1.165, 1.54) is 13.3 Å². The molecule has 1 aromatic carbocycles. The molecule has 0 bridgehead atoms. The highest BCUT2D eigenvalue weighted by molar-refractivity contribution is 6.00. The molecular weight excluding hydrogens is 388 g/mol. The molecule has 1 aliphatic heterocycles. The van der Waals surface area contributed by atoms with Gasteiger partial charge in [-0.3, -0.25) is 14.3 Å². The van der Waals surface area contributed by atoms with Crippen LogP contribution in [0.3, 0.4) is 0 Å². The molecule has 0 aliphatic carbocycles. The van der Waals surface area contributed by atoms with Gasteiger partial charge in [0.1, 0.15) is 17.1 Å². The van der Waals surface area contributed by atoms with Crippen LogP contribution in [0.5, 0.6) is 5.88 Å². The van der Waals surface area contributed by atoms with E-state index in [0.29, 0.717) is 35.8 Å². The van der Waals surface area contributed by atoms with Crippen molar-refractivity contribution in [1.82, 2.24) is 25.1 Å². The van der Waals surface area contributed by atoms with E-state index in [1.807, 2.05) is 6.07 Å². The number of nitrogens with zero attached hydrogens (tertiary/aromatic N) is 4. The van der Waals surface area contributed by atoms with Crippen molar-refractivity contribution in [2.24, 2.45) is 12.8 Å². The molecule has 2 aromatic heterocycles. The second kappa shape index (κ2) is 7.70. The van der Waals surface area contributed by atoms with Crippen molar-refractivity contribution >= 4 is 35.0 Å². The molecule has 30 heavy (non-hydrogen) atoms. The summed E-state index contributed by atoms with van der Waals surface area (Å²) < 4.78 is 6.80. The number of nitrogens with two attached hydrogens (primary N) is 1. The second-order valence-corrected chi connectivity index (χ2v) is 6.63. The van der Waals surface area contributed by atoms with E-state index in [-0.39, 0.29) is 23.2 Å². The predicted octanol–water partition coefficient (Wildman–Crippen LogP) is 1.09. The SMILES string of the molecule is COc1nn(C)cc1Nc1ncc(C(N)=O)c(Nc2cccc3c2CCNC3=O)n1. The first-order chi connectivity index (χ1) is 14.5.